The fourth-order valence-electron chi connectivity index (χ4n) is 9.71. The highest BCUT2D eigenvalue weighted by molar-refractivity contribution is 6.19. The van der Waals surface area contributed by atoms with Gasteiger partial charge in [0.25, 0.3) is 0 Å². The summed E-state index contributed by atoms with van der Waals surface area (Å²) in [6, 6.07) is 81.5. The standard InChI is InChI=1S/C62H38N4/c1-4-11-39(12-5-1)41-19-23-44(24-20-41)57-38-58(66-62(65-57)47-27-21-42(22-28-47)40-13-6-2-7-14-40)48-29-32-49-53-34-33-50(51-17-10-18-52(59(51)53)54(49)37-48)56-36-31-46-26-25-45-30-35-55(43-15-8-3-9-16-43)63-60(45)61(46)64-56/h1-38H. The third-order valence-electron chi connectivity index (χ3n) is 13.1. The van der Waals surface area contributed by atoms with E-state index in [0.717, 1.165) is 78.0 Å². The molecule has 0 aliphatic heterocycles. The zero-order valence-electron chi connectivity index (χ0n) is 35.7. The predicted molar refractivity (Wildman–Crippen MR) is 273 cm³/mol. The molecule has 0 saturated heterocycles. The zero-order valence-corrected chi connectivity index (χ0v) is 35.7. The van der Waals surface area contributed by atoms with Gasteiger partial charge in [0, 0.05) is 38.6 Å². The third-order valence-corrected chi connectivity index (χ3v) is 13.1. The zero-order chi connectivity index (χ0) is 43.6. The molecule has 1 aliphatic rings. The summed E-state index contributed by atoms with van der Waals surface area (Å²) >= 11 is 0. The molecule has 0 unspecified atom stereocenters. The lowest BCUT2D eigenvalue weighted by Crippen LogP contribution is -1.96. The van der Waals surface area contributed by atoms with Gasteiger partial charge in [0.2, 0.25) is 0 Å². The SMILES string of the molecule is c1ccc(-c2ccc(-c3cc(-c4ccc5c(c4)-c4cccc6c(-c7ccc8ccc9ccc(-c%10ccccc%10)nc9c8n7)ccc-5c46)nc(-c4ccc(-c5ccccc5)cc4)n3)cc2)cc1. The Morgan fingerprint density at radius 1 is 0.227 bits per heavy atom. The molecule has 4 heteroatoms. The average Bonchev–Trinajstić information content (AvgIpc) is 3.73. The lowest BCUT2D eigenvalue weighted by molar-refractivity contribution is 1.18. The number of nitrogens with zero attached hydrogens (tertiary/aromatic N) is 4. The van der Waals surface area contributed by atoms with Gasteiger partial charge in [-0.2, -0.15) is 0 Å². The van der Waals surface area contributed by atoms with Crippen LogP contribution < -0.4 is 0 Å². The van der Waals surface area contributed by atoms with Crippen LogP contribution in [0.4, 0.5) is 0 Å². The van der Waals surface area contributed by atoms with Crippen LogP contribution in [0.5, 0.6) is 0 Å². The van der Waals surface area contributed by atoms with Crippen LogP contribution in [0.3, 0.4) is 0 Å². The topological polar surface area (TPSA) is 51.6 Å². The van der Waals surface area contributed by atoms with Gasteiger partial charge in [-0.1, -0.05) is 206 Å². The summed E-state index contributed by atoms with van der Waals surface area (Å²) in [6.07, 6.45) is 0. The number of rotatable bonds is 7. The van der Waals surface area contributed by atoms with Crippen molar-refractivity contribution in [2.45, 2.75) is 0 Å². The maximum Gasteiger partial charge on any atom is 0.160 e. The molecule has 3 heterocycles. The summed E-state index contributed by atoms with van der Waals surface area (Å²) < 4.78 is 0. The monoisotopic (exact) mass is 838 g/mol. The maximum absolute atomic E-state index is 5.37. The number of hydrogen-bond donors (Lipinski definition) is 0. The van der Waals surface area contributed by atoms with E-state index in [9.17, 15) is 0 Å². The second-order valence-electron chi connectivity index (χ2n) is 17.0. The highest BCUT2D eigenvalue weighted by Crippen LogP contribution is 2.50. The van der Waals surface area contributed by atoms with E-state index >= 15 is 0 Å². The molecule has 9 aromatic carbocycles. The minimum atomic E-state index is 0.687. The van der Waals surface area contributed by atoms with Crippen LogP contribution in [0.2, 0.25) is 0 Å². The first-order chi connectivity index (χ1) is 32.7. The van der Waals surface area contributed by atoms with E-state index in [-0.39, 0.29) is 0 Å². The molecule has 1 aliphatic carbocycles. The van der Waals surface area contributed by atoms with Crippen LogP contribution in [0.25, 0.3) is 134 Å². The first kappa shape index (κ1) is 37.7. The molecule has 0 amide bonds. The van der Waals surface area contributed by atoms with E-state index in [0.29, 0.717) is 5.82 Å². The predicted octanol–water partition coefficient (Wildman–Crippen LogP) is 16.0. The van der Waals surface area contributed by atoms with Crippen LogP contribution in [0.1, 0.15) is 0 Å². The fourth-order valence-corrected chi connectivity index (χ4v) is 9.71. The van der Waals surface area contributed by atoms with Crippen molar-refractivity contribution in [3.63, 3.8) is 0 Å². The average molecular weight is 839 g/mol. The van der Waals surface area contributed by atoms with Gasteiger partial charge in [-0.3, -0.25) is 0 Å². The van der Waals surface area contributed by atoms with Crippen LogP contribution in [0, 0.1) is 0 Å². The molecule has 13 rings (SSSR count). The molecule has 3 aromatic heterocycles. The van der Waals surface area contributed by atoms with Crippen molar-refractivity contribution in [1.82, 2.24) is 19.9 Å². The molecule has 306 valence electrons. The van der Waals surface area contributed by atoms with Gasteiger partial charge in [-0.05, 0) is 79.5 Å². The normalized spacial score (nSPS) is 11.6. The van der Waals surface area contributed by atoms with Crippen molar-refractivity contribution in [3.05, 3.63) is 231 Å². The van der Waals surface area contributed by atoms with E-state index < -0.39 is 0 Å². The van der Waals surface area contributed by atoms with Gasteiger partial charge >= 0.3 is 0 Å². The Labute approximate surface area is 382 Å². The molecular formula is C62H38N4. The fraction of sp³-hybridized carbons (Fsp3) is 0. The molecule has 0 atom stereocenters. The molecular weight excluding hydrogens is 801 g/mol. The summed E-state index contributed by atoms with van der Waals surface area (Å²) in [5.41, 5.74) is 20.2. The molecule has 0 saturated carbocycles. The molecule has 12 aromatic rings. The van der Waals surface area contributed by atoms with Crippen molar-refractivity contribution in [1.29, 1.82) is 0 Å². The minimum Gasteiger partial charge on any atom is -0.245 e. The van der Waals surface area contributed by atoms with Gasteiger partial charge < -0.3 is 0 Å². The Hall–Kier alpha value is -8.86. The van der Waals surface area contributed by atoms with Crippen LogP contribution >= 0.6 is 0 Å². The summed E-state index contributed by atoms with van der Waals surface area (Å²) in [5.74, 6) is 0.687. The Morgan fingerprint density at radius 3 is 1.33 bits per heavy atom. The largest absolute Gasteiger partial charge is 0.245 e. The van der Waals surface area contributed by atoms with Crippen molar-refractivity contribution in [3.8, 4) is 101 Å². The lowest BCUT2D eigenvalue weighted by Gasteiger charge is -2.12. The summed E-state index contributed by atoms with van der Waals surface area (Å²) in [5, 5.41) is 4.56. The number of fused-ring (bicyclic) bond motifs is 6. The smallest absolute Gasteiger partial charge is 0.160 e. The van der Waals surface area contributed by atoms with Crippen molar-refractivity contribution in [2.24, 2.45) is 0 Å². The van der Waals surface area contributed by atoms with Gasteiger partial charge in [0.1, 0.15) is 0 Å². The van der Waals surface area contributed by atoms with Crippen molar-refractivity contribution >= 4 is 32.6 Å². The highest BCUT2D eigenvalue weighted by atomic mass is 14.9. The summed E-state index contributed by atoms with van der Waals surface area (Å²) in [6.45, 7) is 0. The Bertz CT molecular complexity index is 3730. The first-order valence-corrected chi connectivity index (χ1v) is 22.4. The molecule has 0 radical (unpaired) electrons. The lowest BCUT2D eigenvalue weighted by atomic mass is 9.96. The summed E-state index contributed by atoms with van der Waals surface area (Å²) in [4.78, 5) is 21.0. The molecule has 4 nitrogen and oxygen atoms in total. The van der Waals surface area contributed by atoms with Crippen molar-refractivity contribution in [2.75, 3.05) is 0 Å². The van der Waals surface area contributed by atoms with Crippen LogP contribution in [-0.2, 0) is 0 Å². The Morgan fingerprint density at radius 2 is 0.682 bits per heavy atom. The molecule has 0 fully saturated rings. The van der Waals surface area contributed by atoms with E-state index in [1.54, 1.807) is 0 Å². The number of benzene rings is 9. The van der Waals surface area contributed by atoms with E-state index in [1.165, 1.54) is 49.7 Å². The van der Waals surface area contributed by atoms with E-state index in [4.69, 9.17) is 19.9 Å². The first-order valence-electron chi connectivity index (χ1n) is 22.4. The van der Waals surface area contributed by atoms with Gasteiger partial charge in [0.05, 0.1) is 33.8 Å². The molecule has 0 spiro atoms. The molecule has 0 N–H and O–H groups in total. The second kappa shape index (κ2) is 15.4. The minimum absolute atomic E-state index is 0.687. The van der Waals surface area contributed by atoms with Crippen LogP contribution in [-0.4, -0.2) is 19.9 Å². The van der Waals surface area contributed by atoms with Crippen molar-refractivity contribution < 1.29 is 0 Å². The summed E-state index contributed by atoms with van der Waals surface area (Å²) in [7, 11) is 0. The van der Waals surface area contributed by atoms with Gasteiger partial charge in [0.15, 0.2) is 5.82 Å². The Kier molecular flexibility index (Phi) is 8.81. The Balaban J connectivity index is 0.908. The molecule has 66 heavy (non-hydrogen) atoms. The quantitative estimate of drug-likeness (QED) is 0.150. The van der Waals surface area contributed by atoms with E-state index in [1.807, 2.05) is 18.2 Å². The van der Waals surface area contributed by atoms with Gasteiger partial charge in [-0.15, -0.1) is 0 Å². The van der Waals surface area contributed by atoms with Gasteiger partial charge in [-0.25, -0.2) is 19.9 Å². The third kappa shape index (κ3) is 6.46. The second-order valence-corrected chi connectivity index (χ2v) is 17.0. The maximum atomic E-state index is 5.37. The molecule has 0 bridgehead atoms. The van der Waals surface area contributed by atoms with E-state index in [2.05, 4.69) is 212 Å². The van der Waals surface area contributed by atoms with Crippen LogP contribution in [0.15, 0.2) is 231 Å². The number of aromatic nitrogens is 4. The highest BCUT2D eigenvalue weighted by Gasteiger charge is 2.24. The number of pyridine rings is 2. The number of hydrogen-bond acceptors (Lipinski definition) is 4.